The summed E-state index contributed by atoms with van der Waals surface area (Å²) in [7, 11) is 0. The van der Waals surface area contributed by atoms with Gasteiger partial charge in [0.1, 0.15) is 0 Å². The normalized spacial score (nSPS) is 10.4. The minimum atomic E-state index is 0.133. The number of ketones is 1. The van der Waals surface area contributed by atoms with Gasteiger partial charge in [0, 0.05) is 5.56 Å². The monoisotopic (exact) mass is 184 g/mol. The van der Waals surface area contributed by atoms with E-state index in [4.69, 9.17) is 0 Å². The Bertz CT molecular complexity index is 498. The van der Waals surface area contributed by atoms with Gasteiger partial charge in [0.2, 0.25) is 0 Å². The van der Waals surface area contributed by atoms with Gasteiger partial charge in [-0.15, -0.1) is 0 Å². The van der Waals surface area contributed by atoms with E-state index in [1.54, 1.807) is 6.92 Å². The van der Waals surface area contributed by atoms with Gasteiger partial charge in [-0.25, -0.2) is 0 Å². The molecule has 0 aliphatic heterocycles. The van der Waals surface area contributed by atoms with Crippen LogP contribution in [-0.4, -0.2) is 5.78 Å². The van der Waals surface area contributed by atoms with E-state index < -0.39 is 0 Å². The highest BCUT2D eigenvalue weighted by molar-refractivity contribution is 6.01. The van der Waals surface area contributed by atoms with Crippen molar-refractivity contribution in [3.63, 3.8) is 0 Å². The fraction of sp³-hybridized carbons (Fsp3) is 0.154. The number of carbonyl (C=O) groups excluding carboxylic acids is 1. The van der Waals surface area contributed by atoms with E-state index in [1.165, 1.54) is 10.8 Å². The zero-order chi connectivity index (χ0) is 10.1. The lowest BCUT2D eigenvalue weighted by Crippen LogP contribution is -1.96. The van der Waals surface area contributed by atoms with Gasteiger partial charge in [-0.3, -0.25) is 4.79 Å². The van der Waals surface area contributed by atoms with Crippen LogP contribution in [0.2, 0.25) is 0 Å². The van der Waals surface area contributed by atoms with Gasteiger partial charge in [0.15, 0.2) is 5.78 Å². The molecule has 2 aromatic rings. The third-order valence-corrected chi connectivity index (χ3v) is 2.58. The predicted octanol–water partition coefficient (Wildman–Crippen LogP) is 3.35. The average Bonchev–Trinajstić information content (AvgIpc) is 2.18. The van der Waals surface area contributed by atoms with Gasteiger partial charge < -0.3 is 0 Å². The van der Waals surface area contributed by atoms with E-state index in [-0.39, 0.29) is 5.78 Å². The van der Waals surface area contributed by atoms with Gasteiger partial charge >= 0.3 is 0 Å². The molecule has 1 heteroatoms. The summed E-state index contributed by atoms with van der Waals surface area (Å²) in [5.74, 6) is 0.133. The molecule has 0 unspecified atom stereocenters. The largest absolute Gasteiger partial charge is 0.295 e. The highest BCUT2D eigenvalue weighted by atomic mass is 16.1. The molecule has 0 spiro atoms. The molecule has 2 rings (SSSR count). The van der Waals surface area contributed by atoms with Crippen molar-refractivity contribution in [2.24, 2.45) is 0 Å². The van der Waals surface area contributed by atoms with Crippen LogP contribution in [0.4, 0.5) is 0 Å². The molecule has 0 atom stereocenters. The number of Topliss-reactive ketones (excluding diaryl/α,β-unsaturated/α-hetero) is 1. The van der Waals surface area contributed by atoms with Crippen LogP contribution in [0, 0.1) is 6.92 Å². The molecule has 0 aliphatic carbocycles. The number of carbonyl (C=O) groups is 1. The second-order valence-corrected chi connectivity index (χ2v) is 3.52. The molecule has 0 saturated carbocycles. The van der Waals surface area contributed by atoms with Gasteiger partial charge in [0.25, 0.3) is 0 Å². The fourth-order valence-corrected chi connectivity index (χ4v) is 1.81. The van der Waals surface area contributed by atoms with Crippen LogP contribution in [0.25, 0.3) is 10.8 Å². The molecule has 2 aromatic carbocycles. The molecule has 70 valence electrons. The Hall–Kier alpha value is -1.63. The van der Waals surface area contributed by atoms with Crippen LogP contribution in [0.15, 0.2) is 36.4 Å². The number of hydrogen-bond donors (Lipinski definition) is 0. The van der Waals surface area contributed by atoms with Gasteiger partial charge in [-0.1, -0.05) is 36.4 Å². The minimum Gasteiger partial charge on any atom is -0.295 e. The summed E-state index contributed by atoms with van der Waals surface area (Å²) in [6.07, 6.45) is 0. The van der Waals surface area contributed by atoms with E-state index in [0.29, 0.717) is 0 Å². The number of hydrogen-bond acceptors (Lipinski definition) is 1. The Balaban J connectivity index is 2.81. The molecule has 0 fully saturated rings. The molecule has 14 heavy (non-hydrogen) atoms. The summed E-state index contributed by atoms with van der Waals surface area (Å²) in [4.78, 5) is 11.3. The first-order valence-corrected chi connectivity index (χ1v) is 4.69. The van der Waals surface area contributed by atoms with Gasteiger partial charge in [-0.2, -0.15) is 0 Å². The first kappa shape index (κ1) is 8.95. The molecular formula is C13H12O. The third kappa shape index (κ3) is 1.31. The quantitative estimate of drug-likeness (QED) is 0.621. The Labute approximate surface area is 83.4 Å². The van der Waals surface area contributed by atoms with E-state index in [0.717, 1.165) is 11.1 Å². The van der Waals surface area contributed by atoms with Crippen molar-refractivity contribution in [1.29, 1.82) is 0 Å². The van der Waals surface area contributed by atoms with Crippen molar-refractivity contribution >= 4 is 16.6 Å². The van der Waals surface area contributed by atoms with E-state index in [2.05, 4.69) is 12.1 Å². The van der Waals surface area contributed by atoms with Crippen molar-refractivity contribution in [3.8, 4) is 0 Å². The summed E-state index contributed by atoms with van der Waals surface area (Å²) in [5.41, 5.74) is 1.90. The number of rotatable bonds is 1. The van der Waals surface area contributed by atoms with Crippen LogP contribution in [-0.2, 0) is 0 Å². The van der Waals surface area contributed by atoms with E-state index in [1.807, 2.05) is 31.2 Å². The molecule has 0 saturated heterocycles. The Kier molecular flexibility index (Phi) is 2.08. The summed E-state index contributed by atoms with van der Waals surface area (Å²) in [5, 5.41) is 2.36. The van der Waals surface area contributed by atoms with Crippen LogP contribution in [0.1, 0.15) is 22.8 Å². The zero-order valence-electron chi connectivity index (χ0n) is 8.37. The summed E-state index contributed by atoms with van der Waals surface area (Å²) >= 11 is 0. The summed E-state index contributed by atoms with van der Waals surface area (Å²) in [6.45, 7) is 3.61. The van der Waals surface area contributed by atoms with Gasteiger partial charge in [0.05, 0.1) is 0 Å². The Morgan fingerprint density at radius 2 is 1.79 bits per heavy atom. The maximum Gasteiger partial charge on any atom is 0.160 e. The maximum absolute atomic E-state index is 11.3. The minimum absolute atomic E-state index is 0.133. The molecule has 0 bridgehead atoms. The van der Waals surface area contributed by atoms with E-state index >= 15 is 0 Å². The van der Waals surface area contributed by atoms with Crippen LogP contribution in [0.3, 0.4) is 0 Å². The lowest BCUT2D eigenvalue weighted by atomic mass is 9.98. The first-order valence-electron chi connectivity index (χ1n) is 4.69. The summed E-state index contributed by atoms with van der Waals surface area (Å²) < 4.78 is 0. The lowest BCUT2D eigenvalue weighted by molar-refractivity contribution is 0.101. The fourth-order valence-electron chi connectivity index (χ4n) is 1.81. The van der Waals surface area contributed by atoms with Crippen LogP contribution in [0.5, 0.6) is 0 Å². The average molecular weight is 184 g/mol. The molecule has 1 nitrogen and oxygen atoms in total. The standard InChI is InChI=1S/C13H12O/c1-9-12(10(2)14)8-7-11-5-3-4-6-13(9)11/h3-8H,1-2H3. The van der Waals surface area contributed by atoms with Crippen molar-refractivity contribution in [2.75, 3.05) is 0 Å². The van der Waals surface area contributed by atoms with Crippen molar-refractivity contribution < 1.29 is 4.79 Å². The maximum atomic E-state index is 11.3. The number of benzene rings is 2. The second-order valence-electron chi connectivity index (χ2n) is 3.52. The molecule has 0 amide bonds. The highest BCUT2D eigenvalue weighted by Gasteiger charge is 2.05. The van der Waals surface area contributed by atoms with Crippen LogP contribution >= 0.6 is 0 Å². The van der Waals surface area contributed by atoms with Gasteiger partial charge in [-0.05, 0) is 30.2 Å². The smallest absolute Gasteiger partial charge is 0.160 e. The Morgan fingerprint density at radius 1 is 1.07 bits per heavy atom. The van der Waals surface area contributed by atoms with Crippen molar-refractivity contribution in [3.05, 3.63) is 47.5 Å². The molecular weight excluding hydrogens is 172 g/mol. The summed E-state index contributed by atoms with van der Waals surface area (Å²) in [6, 6.07) is 12.0. The highest BCUT2D eigenvalue weighted by Crippen LogP contribution is 2.21. The third-order valence-electron chi connectivity index (χ3n) is 2.58. The molecule has 0 radical (unpaired) electrons. The number of fused-ring (bicyclic) bond motifs is 1. The SMILES string of the molecule is CC(=O)c1ccc2ccccc2c1C. The van der Waals surface area contributed by atoms with Crippen LogP contribution < -0.4 is 0 Å². The Morgan fingerprint density at radius 3 is 2.50 bits per heavy atom. The first-order chi connectivity index (χ1) is 6.70. The van der Waals surface area contributed by atoms with E-state index in [9.17, 15) is 4.79 Å². The second kappa shape index (κ2) is 3.26. The topological polar surface area (TPSA) is 17.1 Å². The van der Waals surface area contributed by atoms with Crippen molar-refractivity contribution in [2.45, 2.75) is 13.8 Å². The lowest BCUT2D eigenvalue weighted by Gasteiger charge is -2.05. The molecule has 0 aromatic heterocycles. The number of aryl methyl sites for hydroxylation is 1. The van der Waals surface area contributed by atoms with Crippen molar-refractivity contribution in [1.82, 2.24) is 0 Å². The zero-order valence-corrected chi connectivity index (χ0v) is 8.37. The molecule has 0 aliphatic rings. The predicted molar refractivity (Wildman–Crippen MR) is 58.7 cm³/mol. The molecule has 0 N–H and O–H groups in total. The molecule has 0 heterocycles.